The van der Waals surface area contributed by atoms with E-state index < -0.39 is 0 Å². The summed E-state index contributed by atoms with van der Waals surface area (Å²) >= 11 is 2.44. The molecule has 2 aromatic rings. The second kappa shape index (κ2) is 6.36. The van der Waals surface area contributed by atoms with Gasteiger partial charge in [-0.2, -0.15) is 0 Å². The van der Waals surface area contributed by atoms with Gasteiger partial charge in [0.05, 0.1) is 12.1 Å². The van der Waals surface area contributed by atoms with Crippen molar-refractivity contribution < 1.29 is 4.74 Å². The maximum Gasteiger partial charge on any atom is 0.120 e. The fourth-order valence-corrected chi connectivity index (χ4v) is 3.21. The first-order valence-electron chi connectivity index (χ1n) is 7.38. The highest BCUT2D eigenvalue weighted by molar-refractivity contribution is 14.1. The average Bonchev–Trinajstić information content (AvgIpc) is 3.29. The molecule has 0 saturated heterocycles. The topological polar surface area (TPSA) is 21.3 Å². The van der Waals surface area contributed by atoms with Gasteiger partial charge in [-0.15, -0.1) is 0 Å². The lowest BCUT2D eigenvalue weighted by molar-refractivity contribution is 0.302. The van der Waals surface area contributed by atoms with Crippen LogP contribution in [0.5, 0.6) is 5.75 Å². The van der Waals surface area contributed by atoms with E-state index in [1.807, 2.05) is 7.05 Å². The van der Waals surface area contributed by atoms with Gasteiger partial charge in [0.1, 0.15) is 5.75 Å². The summed E-state index contributed by atoms with van der Waals surface area (Å²) in [4.78, 5) is 0. The molecule has 0 aliphatic heterocycles. The Bertz CT molecular complexity index is 637. The van der Waals surface area contributed by atoms with Gasteiger partial charge in [-0.3, -0.25) is 0 Å². The van der Waals surface area contributed by atoms with E-state index in [-0.39, 0.29) is 6.04 Å². The lowest BCUT2D eigenvalue weighted by Gasteiger charge is -2.20. The van der Waals surface area contributed by atoms with Gasteiger partial charge < -0.3 is 10.1 Å². The van der Waals surface area contributed by atoms with Gasteiger partial charge in [0.15, 0.2) is 0 Å². The van der Waals surface area contributed by atoms with Crippen LogP contribution in [0, 0.1) is 10.5 Å². The highest BCUT2D eigenvalue weighted by atomic mass is 127. The first-order valence-corrected chi connectivity index (χ1v) is 8.46. The summed E-state index contributed by atoms with van der Waals surface area (Å²) in [5.41, 5.74) is 3.89. The molecule has 2 aromatic carbocycles. The molecule has 1 atom stereocenters. The highest BCUT2D eigenvalue weighted by Crippen LogP contribution is 2.32. The largest absolute Gasteiger partial charge is 0.490 e. The van der Waals surface area contributed by atoms with Crippen molar-refractivity contribution in [3.63, 3.8) is 0 Å². The molecule has 1 aliphatic carbocycles. The number of hydrogen-bond donors (Lipinski definition) is 1. The Balaban J connectivity index is 1.93. The molecule has 21 heavy (non-hydrogen) atoms. The molecule has 0 spiro atoms. The number of benzene rings is 2. The molecule has 0 heterocycles. The number of halogens is 1. The van der Waals surface area contributed by atoms with Crippen molar-refractivity contribution in [2.45, 2.75) is 31.9 Å². The summed E-state index contributed by atoms with van der Waals surface area (Å²) in [5.74, 6) is 0.984. The molecule has 110 valence electrons. The summed E-state index contributed by atoms with van der Waals surface area (Å²) < 4.78 is 7.24. The normalized spacial score (nSPS) is 15.8. The quantitative estimate of drug-likeness (QED) is 0.758. The zero-order chi connectivity index (χ0) is 14.8. The molecule has 3 heteroatoms. The molecule has 1 fully saturated rings. The summed E-state index contributed by atoms with van der Waals surface area (Å²) in [6.45, 7) is 2.16. The highest BCUT2D eigenvalue weighted by Gasteiger charge is 2.24. The number of hydrogen-bond acceptors (Lipinski definition) is 2. The van der Waals surface area contributed by atoms with Gasteiger partial charge in [-0.1, -0.05) is 30.3 Å². The van der Waals surface area contributed by atoms with Crippen LogP contribution in [0.15, 0.2) is 42.5 Å². The molecule has 0 amide bonds. The van der Waals surface area contributed by atoms with E-state index in [2.05, 4.69) is 77.3 Å². The Kier molecular flexibility index (Phi) is 4.50. The molecular weight excluding hydrogens is 373 g/mol. The van der Waals surface area contributed by atoms with E-state index in [0.717, 1.165) is 5.75 Å². The SMILES string of the molecule is CNC(c1cccc(OC2CC2)c1)c1cccc(C)c1I. The average molecular weight is 393 g/mol. The first kappa shape index (κ1) is 14.9. The molecule has 3 rings (SSSR count). The van der Waals surface area contributed by atoms with Crippen LogP contribution in [-0.4, -0.2) is 13.2 Å². The number of nitrogens with one attached hydrogen (secondary N) is 1. The second-order valence-electron chi connectivity index (χ2n) is 5.59. The van der Waals surface area contributed by atoms with Crippen molar-refractivity contribution in [2.75, 3.05) is 7.05 Å². The monoisotopic (exact) mass is 393 g/mol. The third-order valence-electron chi connectivity index (χ3n) is 3.84. The smallest absolute Gasteiger partial charge is 0.120 e. The first-order chi connectivity index (χ1) is 10.2. The molecule has 1 aliphatic rings. The van der Waals surface area contributed by atoms with E-state index in [0.29, 0.717) is 6.10 Å². The van der Waals surface area contributed by atoms with Crippen molar-refractivity contribution in [1.29, 1.82) is 0 Å². The van der Waals surface area contributed by atoms with Crippen LogP contribution >= 0.6 is 22.6 Å². The Morgan fingerprint density at radius 3 is 2.67 bits per heavy atom. The zero-order valence-corrected chi connectivity index (χ0v) is 14.6. The van der Waals surface area contributed by atoms with E-state index in [1.165, 1.54) is 33.1 Å². The number of aryl methyl sites for hydroxylation is 1. The van der Waals surface area contributed by atoms with Crippen LogP contribution in [0.1, 0.15) is 35.6 Å². The zero-order valence-electron chi connectivity index (χ0n) is 12.4. The fraction of sp³-hybridized carbons (Fsp3) is 0.333. The molecule has 1 saturated carbocycles. The number of ether oxygens (including phenoxy) is 1. The molecule has 2 nitrogen and oxygen atoms in total. The van der Waals surface area contributed by atoms with Gasteiger partial charge in [0.25, 0.3) is 0 Å². The van der Waals surface area contributed by atoms with Crippen LogP contribution < -0.4 is 10.1 Å². The van der Waals surface area contributed by atoms with E-state index in [9.17, 15) is 0 Å². The minimum absolute atomic E-state index is 0.194. The lowest BCUT2D eigenvalue weighted by Crippen LogP contribution is -2.19. The fourth-order valence-electron chi connectivity index (χ4n) is 2.54. The van der Waals surface area contributed by atoms with E-state index >= 15 is 0 Å². The van der Waals surface area contributed by atoms with Crippen LogP contribution in [0.4, 0.5) is 0 Å². The van der Waals surface area contributed by atoms with Gasteiger partial charge >= 0.3 is 0 Å². The van der Waals surface area contributed by atoms with E-state index in [4.69, 9.17) is 4.74 Å². The van der Waals surface area contributed by atoms with Crippen LogP contribution in [0.25, 0.3) is 0 Å². The van der Waals surface area contributed by atoms with Gasteiger partial charge in [0.2, 0.25) is 0 Å². The lowest BCUT2D eigenvalue weighted by atomic mass is 9.97. The Hall–Kier alpha value is -1.07. The van der Waals surface area contributed by atoms with Crippen molar-refractivity contribution in [1.82, 2.24) is 5.32 Å². The maximum atomic E-state index is 5.92. The van der Waals surface area contributed by atoms with Crippen LogP contribution in [0.3, 0.4) is 0 Å². The Labute approximate surface area is 140 Å². The Morgan fingerprint density at radius 1 is 1.19 bits per heavy atom. The van der Waals surface area contributed by atoms with Crippen molar-refractivity contribution in [3.05, 3.63) is 62.7 Å². The van der Waals surface area contributed by atoms with Crippen molar-refractivity contribution in [3.8, 4) is 5.75 Å². The Morgan fingerprint density at radius 2 is 1.95 bits per heavy atom. The van der Waals surface area contributed by atoms with Crippen molar-refractivity contribution >= 4 is 22.6 Å². The summed E-state index contributed by atoms with van der Waals surface area (Å²) in [5, 5.41) is 3.44. The molecular formula is C18H20INO. The van der Waals surface area contributed by atoms with Crippen molar-refractivity contribution in [2.24, 2.45) is 0 Å². The third-order valence-corrected chi connectivity index (χ3v) is 5.31. The molecule has 1 unspecified atom stereocenters. The van der Waals surface area contributed by atoms with Gasteiger partial charge in [0, 0.05) is 3.57 Å². The van der Waals surface area contributed by atoms with E-state index in [1.54, 1.807) is 0 Å². The maximum absolute atomic E-state index is 5.92. The molecule has 0 aromatic heterocycles. The van der Waals surface area contributed by atoms with Crippen LogP contribution in [-0.2, 0) is 0 Å². The van der Waals surface area contributed by atoms with Crippen LogP contribution in [0.2, 0.25) is 0 Å². The predicted molar refractivity (Wildman–Crippen MR) is 94.9 cm³/mol. The molecule has 0 bridgehead atoms. The predicted octanol–water partition coefficient (Wildman–Crippen LogP) is 4.45. The molecule has 1 N–H and O–H groups in total. The minimum atomic E-state index is 0.194. The summed E-state index contributed by atoms with van der Waals surface area (Å²) in [6.07, 6.45) is 2.82. The third kappa shape index (κ3) is 3.40. The standard InChI is InChI=1S/C18H20INO/c1-12-5-3-8-16(17(12)19)18(20-2)13-6-4-7-15(11-13)21-14-9-10-14/h3-8,11,14,18,20H,9-10H2,1-2H3. The molecule has 0 radical (unpaired) electrons. The summed E-state index contributed by atoms with van der Waals surface area (Å²) in [6, 6.07) is 15.1. The minimum Gasteiger partial charge on any atom is -0.490 e. The number of rotatable bonds is 5. The second-order valence-corrected chi connectivity index (χ2v) is 6.67. The van der Waals surface area contributed by atoms with Gasteiger partial charge in [-0.05, 0) is 78.2 Å². The summed E-state index contributed by atoms with van der Waals surface area (Å²) in [7, 11) is 2.01. The van der Waals surface area contributed by atoms with Gasteiger partial charge in [-0.25, -0.2) is 0 Å².